The minimum Gasteiger partial charge on any atom is -0.504 e. The molecule has 1 aromatic rings. The number of nitrogens with one attached hydrogen (secondary N) is 1. The molecule has 3 saturated heterocycles. The standard InChI is InChI=1S/C16H23N3O3/c20-14-4-1-3-13(15(14)21)16(22)17-5-2-9-19-10-6-18(7-11-19)8-12-19/h1,3-4H,2,5-12H2,(H2-,17,20,21,22)/p+1. The molecule has 0 unspecified atom stereocenters. The van der Waals surface area contributed by atoms with Crippen LogP contribution in [0.15, 0.2) is 18.2 Å². The number of para-hydroxylation sites is 1. The molecule has 0 spiro atoms. The summed E-state index contributed by atoms with van der Waals surface area (Å²) in [6.07, 6.45) is 0.936. The zero-order chi connectivity index (χ0) is 15.6. The average molecular weight is 306 g/mol. The highest BCUT2D eigenvalue weighted by Gasteiger charge is 2.37. The fourth-order valence-corrected chi connectivity index (χ4v) is 3.49. The second kappa shape index (κ2) is 6.14. The molecule has 3 fully saturated rings. The molecule has 6 heteroatoms. The largest absolute Gasteiger partial charge is 0.504 e. The van der Waals surface area contributed by atoms with E-state index in [2.05, 4.69) is 10.2 Å². The number of phenols is 2. The Morgan fingerprint density at radius 1 is 1.18 bits per heavy atom. The van der Waals surface area contributed by atoms with Gasteiger partial charge in [-0.25, -0.2) is 0 Å². The molecule has 0 aromatic heterocycles. The lowest BCUT2D eigenvalue weighted by atomic mass is 10.1. The third-order valence-corrected chi connectivity index (χ3v) is 5.03. The topological polar surface area (TPSA) is 72.8 Å². The molecule has 0 saturated carbocycles. The minimum absolute atomic E-state index is 0.124. The van der Waals surface area contributed by atoms with Crippen molar-refractivity contribution >= 4 is 5.91 Å². The first-order chi connectivity index (χ1) is 10.6. The molecule has 4 rings (SSSR count). The number of carbonyl (C=O) groups excluding carboxylic acids is 1. The van der Waals surface area contributed by atoms with Gasteiger partial charge in [0, 0.05) is 32.6 Å². The molecule has 1 aromatic carbocycles. The van der Waals surface area contributed by atoms with Crippen molar-refractivity contribution in [3.63, 3.8) is 0 Å². The Morgan fingerprint density at radius 3 is 2.55 bits per heavy atom. The molecule has 0 radical (unpaired) electrons. The lowest BCUT2D eigenvalue weighted by Gasteiger charge is -2.50. The molecule has 2 bridgehead atoms. The maximum atomic E-state index is 12.0. The highest BCUT2D eigenvalue weighted by atomic mass is 16.3. The number of fused-ring (bicyclic) bond motifs is 3. The van der Waals surface area contributed by atoms with E-state index in [1.54, 1.807) is 6.07 Å². The molecule has 3 heterocycles. The number of hydrogen-bond acceptors (Lipinski definition) is 4. The third kappa shape index (κ3) is 3.03. The molecular weight excluding hydrogens is 282 g/mol. The van der Waals surface area contributed by atoms with Crippen molar-refractivity contribution in [3.05, 3.63) is 23.8 Å². The molecule has 120 valence electrons. The van der Waals surface area contributed by atoms with Gasteiger partial charge in [0.25, 0.3) is 5.91 Å². The van der Waals surface area contributed by atoms with Gasteiger partial charge in [0.1, 0.15) is 0 Å². The van der Waals surface area contributed by atoms with E-state index in [4.69, 9.17) is 0 Å². The number of benzene rings is 1. The zero-order valence-electron chi connectivity index (χ0n) is 12.8. The number of quaternary nitrogens is 1. The van der Waals surface area contributed by atoms with Crippen LogP contribution in [0.1, 0.15) is 16.8 Å². The highest BCUT2D eigenvalue weighted by molar-refractivity contribution is 5.97. The number of phenolic OH excluding ortho intramolecular Hbond substituents is 2. The molecule has 0 aliphatic carbocycles. The van der Waals surface area contributed by atoms with Crippen LogP contribution in [0.25, 0.3) is 0 Å². The normalized spacial score (nSPS) is 26.8. The van der Waals surface area contributed by atoms with Gasteiger partial charge in [-0.1, -0.05) is 6.07 Å². The van der Waals surface area contributed by atoms with Crippen LogP contribution in [-0.4, -0.2) is 77.9 Å². The van der Waals surface area contributed by atoms with E-state index < -0.39 is 0 Å². The number of piperazine rings is 3. The molecule has 3 aliphatic rings. The number of hydrogen-bond donors (Lipinski definition) is 3. The maximum absolute atomic E-state index is 12.0. The van der Waals surface area contributed by atoms with Crippen LogP contribution in [0.4, 0.5) is 0 Å². The summed E-state index contributed by atoms with van der Waals surface area (Å²) in [5.74, 6) is -0.955. The summed E-state index contributed by atoms with van der Waals surface area (Å²) in [5.41, 5.74) is 0.124. The van der Waals surface area contributed by atoms with Gasteiger partial charge in [0.2, 0.25) is 0 Å². The Morgan fingerprint density at radius 2 is 1.86 bits per heavy atom. The molecule has 0 atom stereocenters. The molecular formula is C16H24N3O3+. The third-order valence-electron chi connectivity index (χ3n) is 5.03. The van der Waals surface area contributed by atoms with Crippen LogP contribution in [-0.2, 0) is 0 Å². The van der Waals surface area contributed by atoms with Crippen molar-refractivity contribution in [3.8, 4) is 11.5 Å². The fourth-order valence-electron chi connectivity index (χ4n) is 3.49. The number of carbonyl (C=O) groups is 1. The Kier molecular flexibility index (Phi) is 4.22. The van der Waals surface area contributed by atoms with Crippen molar-refractivity contribution in [2.75, 3.05) is 52.4 Å². The average Bonchev–Trinajstić information content (AvgIpc) is 2.56. The summed E-state index contributed by atoms with van der Waals surface area (Å²) in [4.78, 5) is 14.6. The second-order valence-electron chi connectivity index (χ2n) is 6.36. The first kappa shape index (κ1) is 15.1. The van der Waals surface area contributed by atoms with E-state index in [1.807, 2.05) is 0 Å². The first-order valence-corrected chi connectivity index (χ1v) is 7.96. The van der Waals surface area contributed by atoms with Gasteiger partial charge in [-0.2, -0.15) is 0 Å². The zero-order valence-corrected chi connectivity index (χ0v) is 12.8. The highest BCUT2D eigenvalue weighted by Crippen LogP contribution is 2.27. The van der Waals surface area contributed by atoms with Crippen molar-refractivity contribution in [2.24, 2.45) is 0 Å². The van der Waals surface area contributed by atoms with E-state index in [0.717, 1.165) is 13.0 Å². The predicted molar refractivity (Wildman–Crippen MR) is 82.9 cm³/mol. The lowest BCUT2D eigenvalue weighted by Crippen LogP contribution is -2.67. The monoisotopic (exact) mass is 306 g/mol. The van der Waals surface area contributed by atoms with E-state index in [-0.39, 0.29) is 23.0 Å². The van der Waals surface area contributed by atoms with Gasteiger partial charge < -0.3 is 20.0 Å². The summed E-state index contributed by atoms with van der Waals surface area (Å²) in [6.45, 7) is 8.96. The van der Waals surface area contributed by atoms with E-state index in [0.29, 0.717) is 6.54 Å². The van der Waals surface area contributed by atoms with Crippen LogP contribution < -0.4 is 5.32 Å². The van der Waals surface area contributed by atoms with Crippen LogP contribution in [0.3, 0.4) is 0 Å². The van der Waals surface area contributed by atoms with Gasteiger partial charge in [0.15, 0.2) is 11.5 Å². The van der Waals surface area contributed by atoms with Crippen LogP contribution in [0.2, 0.25) is 0 Å². The summed E-state index contributed by atoms with van der Waals surface area (Å²) in [6, 6.07) is 4.42. The summed E-state index contributed by atoms with van der Waals surface area (Å²) < 4.78 is 1.18. The summed E-state index contributed by atoms with van der Waals surface area (Å²) in [5, 5.41) is 21.9. The smallest absolute Gasteiger partial charge is 0.255 e. The molecule has 1 amide bonds. The van der Waals surface area contributed by atoms with Gasteiger partial charge in [-0.15, -0.1) is 0 Å². The van der Waals surface area contributed by atoms with E-state index >= 15 is 0 Å². The Balaban J connectivity index is 1.47. The Hall–Kier alpha value is -1.79. The minimum atomic E-state index is -0.353. The second-order valence-corrected chi connectivity index (χ2v) is 6.36. The quantitative estimate of drug-likeness (QED) is 0.417. The fraction of sp³-hybridized carbons (Fsp3) is 0.562. The number of aromatic hydroxyl groups is 2. The van der Waals surface area contributed by atoms with Crippen molar-refractivity contribution in [1.29, 1.82) is 0 Å². The van der Waals surface area contributed by atoms with Crippen LogP contribution in [0.5, 0.6) is 11.5 Å². The Labute approximate surface area is 130 Å². The van der Waals surface area contributed by atoms with Crippen molar-refractivity contribution in [2.45, 2.75) is 6.42 Å². The van der Waals surface area contributed by atoms with Gasteiger partial charge >= 0.3 is 0 Å². The van der Waals surface area contributed by atoms with E-state index in [1.165, 1.54) is 55.9 Å². The van der Waals surface area contributed by atoms with Gasteiger partial charge in [-0.3, -0.25) is 9.69 Å². The van der Waals surface area contributed by atoms with Crippen molar-refractivity contribution in [1.82, 2.24) is 10.2 Å². The number of rotatable bonds is 5. The summed E-state index contributed by atoms with van der Waals surface area (Å²) >= 11 is 0. The molecule has 6 nitrogen and oxygen atoms in total. The SMILES string of the molecule is O=C(NCCC[N+]12CCN(CC1)CC2)c1cccc(O)c1O. The predicted octanol–water partition coefficient (Wildman–Crippen LogP) is 0.364. The van der Waals surface area contributed by atoms with Crippen LogP contribution >= 0.6 is 0 Å². The van der Waals surface area contributed by atoms with Gasteiger partial charge in [-0.05, 0) is 12.1 Å². The molecule has 3 N–H and O–H groups in total. The number of nitrogens with zero attached hydrogens (tertiary/aromatic N) is 2. The van der Waals surface area contributed by atoms with Crippen molar-refractivity contribution < 1.29 is 19.5 Å². The number of amides is 1. The first-order valence-electron chi connectivity index (χ1n) is 7.96. The van der Waals surface area contributed by atoms with Crippen LogP contribution in [0, 0.1) is 0 Å². The molecule has 3 aliphatic heterocycles. The molecule has 22 heavy (non-hydrogen) atoms. The van der Waals surface area contributed by atoms with Gasteiger partial charge in [0.05, 0.1) is 31.7 Å². The lowest BCUT2D eigenvalue weighted by molar-refractivity contribution is -0.941. The maximum Gasteiger partial charge on any atom is 0.255 e. The van der Waals surface area contributed by atoms with E-state index in [9.17, 15) is 15.0 Å². The Bertz CT molecular complexity index is 540. The summed E-state index contributed by atoms with van der Waals surface area (Å²) in [7, 11) is 0.